The smallest absolute Gasteiger partial charge is 0.182 e. The number of fused-ring (bicyclic) bond motifs is 1. The molecule has 1 N–H and O–H groups in total. The zero-order chi connectivity index (χ0) is 14.7. The van der Waals surface area contributed by atoms with Gasteiger partial charge in [0.15, 0.2) is 5.82 Å². The van der Waals surface area contributed by atoms with Crippen molar-refractivity contribution >= 4 is 11.5 Å². The Labute approximate surface area is 124 Å². The second-order valence-corrected chi connectivity index (χ2v) is 4.94. The summed E-state index contributed by atoms with van der Waals surface area (Å²) in [6.45, 7) is 5.14. The predicted molar refractivity (Wildman–Crippen MR) is 84.4 cm³/mol. The summed E-state index contributed by atoms with van der Waals surface area (Å²) in [4.78, 5) is 13.8. The molecule has 3 aromatic heterocycles. The summed E-state index contributed by atoms with van der Waals surface area (Å²) in [6.07, 6.45) is 5.89. The van der Waals surface area contributed by atoms with Crippen molar-refractivity contribution < 1.29 is 0 Å². The number of aryl methyl sites for hydroxylation is 1. The molecule has 0 spiro atoms. The van der Waals surface area contributed by atoms with Gasteiger partial charge in [0, 0.05) is 30.7 Å². The second kappa shape index (κ2) is 5.91. The van der Waals surface area contributed by atoms with Crippen LogP contribution in [0, 0.1) is 0 Å². The Hall–Kier alpha value is -2.43. The minimum atomic E-state index is 0.677. The fourth-order valence-electron chi connectivity index (χ4n) is 2.18. The van der Waals surface area contributed by atoms with Gasteiger partial charge in [0.05, 0.1) is 0 Å². The summed E-state index contributed by atoms with van der Waals surface area (Å²) in [5, 5.41) is 3.33. The lowest BCUT2D eigenvalue weighted by atomic mass is 10.3. The molecule has 3 aromatic rings. The molecule has 0 aliphatic carbocycles. The van der Waals surface area contributed by atoms with E-state index in [0.29, 0.717) is 5.82 Å². The predicted octanol–water partition coefficient (Wildman–Crippen LogP) is 3.18. The monoisotopic (exact) mass is 281 g/mol. The van der Waals surface area contributed by atoms with Crippen LogP contribution in [0.5, 0.6) is 0 Å². The molecule has 3 heterocycles. The molecule has 0 aliphatic heterocycles. The molecule has 0 saturated heterocycles. The normalized spacial score (nSPS) is 11.0. The minimum Gasteiger partial charge on any atom is -0.370 e. The molecule has 0 saturated carbocycles. The highest BCUT2D eigenvalue weighted by Gasteiger charge is 2.10. The van der Waals surface area contributed by atoms with Gasteiger partial charge >= 0.3 is 0 Å². The van der Waals surface area contributed by atoms with Crippen LogP contribution in [0.4, 0.5) is 5.82 Å². The first kappa shape index (κ1) is 13.5. The number of rotatable bonds is 5. The Morgan fingerprint density at radius 3 is 2.81 bits per heavy atom. The molecular formula is C16H19N5. The zero-order valence-electron chi connectivity index (χ0n) is 12.4. The van der Waals surface area contributed by atoms with E-state index in [1.54, 1.807) is 0 Å². The molecule has 0 atom stereocenters. The molecule has 0 aliphatic rings. The highest BCUT2D eigenvalue weighted by atomic mass is 15.1. The Balaban J connectivity index is 2.03. The van der Waals surface area contributed by atoms with E-state index >= 15 is 0 Å². The minimum absolute atomic E-state index is 0.677. The van der Waals surface area contributed by atoms with Crippen LogP contribution in [0.3, 0.4) is 0 Å². The van der Waals surface area contributed by atoms with Crippen molar-refractivity contribution in [1.29, 1.82) is 0 Å². The lowest BCUT2D eigenvalue weighted by Gasteiger charge is -2.07. The van der Waals surface area contributed by atoms with Gasteiger partial charge in [0.1, 0.15) is 17.2 Å². The van der Waals surface area contributed by atoms with Gasteiger partial charge in [-0.1, -0.05) is 19.9 Å². The van der Waals surface area contributed by atoms with Crippen LogP contribution >= 0.6 is 0 Å². The van der Waals surface area contributed by atoms with Crippen molar-refractivity contribution in [1.82, 2.24) is 19.4 Å². The molecule has 21 heavy (non-hydrogen) atoms. The molecular weight excluding hydrogens is 262 g/mol. The third-order valence-electron chi connectivity index (χ3n) is 3.29. The third kappa shape index (κ3) is 2.86. The van der Waals surface area contributed by atoms with Crippen molar-refractivity contribution in [3.05, 3.63) is 42.4 Å². The number of nitrogens with zero attached hydrogens (tertiary/aromatic N) is 4. The Bertz CT molecular complexity index is 714. The van der Waals surface area contributed by atoms with E-state index < -0.39 is 0 Å². The molecule has 0 amide bonds. The van der Waals surface area contributed by atoms with Crippen LogP contribution < -0.4 is 5.32 Å². The van der Waals surface area contributed by atoms with E-state index in [1.165, 1.54) is 0 Å². The maximum absolute atomic E-state index is 4.60. The van der Waals surface area contributed by atoms with Crippen LogP contribution in [0.1, 0.15) is 26.0 Å². The van der Waals surface area contributed by atoms with E-state index in [2.05, 4.69) is 34.1 Å². The number of hydrogen-bond donors (Lipinski definition) is 1. The molecule has 108 valence electrons. The van der Waals surface area contributed by atoms with Crippen molar-refractivity contribution in [2.24, 2.45) is 0 Å². The van der Waals surface area contributed by atoms with Crippen LogP contribution in [0.15, 0.2) is 36.7 Å². The second-order valence-electron chi connectivity index (χ2n) is 4.94. The van der Waals surface area contributed by atoms with Gasteiger partial charge in [-0.3, -0.25) is 0 Å². The van der Waals surface area contributed by atoms with Crippen molar-refractivity contribution in [3.8, 4) is 11.5 Å². The quantitative estimate of drug-likeness (QED) is 0.780. The number of pyridine rings is 1. The molecule has 0 aromatic carbocycles. The van der Waals surface area contributed by atoms with E-state index in [1.807, 2.05) is 41.1 Å². The number of imidazole rings is 1. The maximum atomic E-state index is 4.60. The van der Waals surface area contributed by atoms with Gasteiger partial charge < -0.3 is 9.72 Å². The number of hydrogen-bond acceptors (Lipinski definition) is 4. The Morgan fingerprint density at radius 1 is 1.14 bits per heavy atom. The molecule has 0 fully saturated rings. The fourth-order valence-corrected chi connectivity index (χ4v) is 2.18. The maximum Gasteiger partial charge on any atom is 0.182 e. The number of aromatic nitrogens is 4. The molecule has 5 nitrogen and oxygen atoms in total. The number of nitrogens with one attached hydrogen (secondary N) is 1. The summed E-state index contributed by atoms with van der Waals surface area (Å²) in [7, 11) is 0. The summed E-state index contributed by atoms with van der Waals surface area (Å²) in [5.74, 6) is 1.55. The average Bonchev–Trinajstić information content (AvgIpc) is 2.96. The first-order valence-electron chi connectivity index (χ1n) is 7.36. The van der Waals surface area contributed by atoms with E-state index in [0.717, 1.165) is 42.2 Å². The van der Waals surface area contributed by atoms with E-state index in [9.17, 15) is 0 Å². The lowest BCUT2D eigenvalue weighted by Crippen LogP contribution is -2.05. The summed E-state index contributed by atoms with van der Waals surface area (Å²) in [5.41, 5.74) is 2.73. The molecule has 0 bridgehead atoms. The van der Waals surface area contributed by atoms with Crippen molar-refractivity contribution in [3.63, 3.8) is 0 Å². The molecule has 3 rings (SSSR count). The lowest BCUT2D eigenvalue weighted by molar-refractivity contribution is 0.950. The standard InChI is InChI=1S/C16H19N5/c1-3-8-17-14-10-12(4-2)18-16(20-14)13-11-21-9-6-5-7-15(21)19-13/h5-7,9-11H,3-4,8H2,1-2H3,(H,17,18,20). The summed E-state index contributed by atoms with van der Waals surface area (Å²) < 4.78 is 1.98. The zero-order valence-corrected chi connectivity index (χ0v) is 12.4. The van der Waals surface area contributed by atoms with Gasteiger partial charge in [-0.15, -0.1) is 0 Å². The van der Waals surface area contributed by atoms with Crippen molar-refractivity contribution in [2.75, 3.05) is 11.9 Å². The van der Waals surface area contributed by atoms with Crippen LogP contribution in [0.2, 0.25) is 0 Å². The fraction of sp³-hybridized carbons (Fsp3) is 0.312. The van der Waals surface area contributed by atoms with Crippen LogP contribution in [0.25, 0.3) is 17.2 Å². The summed E-state index contributed by atoms with van der Waals surface area (Å²) in [6, 6.07) is 7.94. The van der Waals surface area contributed by atoms with E-state index in [4.69, 9.17) is 0 Å². The van der Waals surface area contributed by atoms with Crippen molar-refractivity contribution in [2.45, 2.75) is 26.7 Å². The SMILES string of the molecule is CCCNc1cc(CC)nc(-c2cn3ccccc3n2)n1. The van der Waals surface area contributed by atoms with E-state index in [-0.39, 0.29) is 0 Å². The number of anilines is 1. The van der Waals surface area contributed by atoms with Crippen LogP contribution in [-0.4, -0.2) is 25.9 Å². The van der Waals surface area contributed by atoms with Gasteiger partial charge in [0.2, 0.25) is 0 Å². The molecule has 0 unspecified atom stereocenters. The highest BCUT2D eigenvalue weighted by Crippen LogP contribution is 2.18. The first-order chi connectivity index (χ1) is 10.3. The highest BCUT2D eigenvalue weighted by molar-refractivity contribution is 5.57. The largest absolute Gasteiger partial charge is 0.370 e. The van der Waals surface area contributed by atoms with Gasteiger partial charge in [-0.05, 0) is 25.0 Å². The topological polar surface area (TPSA) is 55.1 Å². The average molecular weight is 281 g/mol. The molecule has 5 heteroatoms. The Kier molecular flexibility index (Phi) is 3.81. The Morgan fingerprint density at radius 2 is 2.05 bits per heavy atom. The summed E-state index contributed by atoms with van der Waals surface area (Å²) >= 11 is 0. The molecule has 0 radical (unpaired) electrons. The third-order valence-corrected chi connectivity index (χ3v) is 3.29. The van der Waals surface area contributed by atoms with Crippen LogP contribution in [-0.2, 0) is 6.42 Å². The van der Waals surface area contributed by atoms with Gasteiger partial charge in [-0.25, -0.2) is 15.0 Å². The van der Waals surface area contributed by atoms with Gasteiger partial charge in [-0.2, -0.15) is 0 Å². The van der Waals surface area contributed by atoms with Gasteiger partial charge in [0.25, 0.3) is 0 Å². The first-order valence-corrected chi connectivity index (χ1v) is 7.36.